The molecule has 0 unspecified atom stereocenters. The van der Waals surface area contributed by atoms with Crippen LogP contribution in [0.4, 0.5) is 11.9 Å². The molecule has 0 bridgehead atoms. The van der Waals surface area contributed by atoms with Crippen LogP contribution in [-0.2, 0) is 4.74 Å². The van der Waals surface area contributed by atoms with E-state index in [1.54, 1.807) is 0 Å². The third-order valence-corrected chi connectivity index (χ3v) is 2.05. The van der Waals surface area contributed by atoms with E-state index in [1.165, 1.54) is 0 Å². The molecule has 19 heavy (non-hydrogen) atoms. The molecule has 3 N–H and O–H groups in total. The van der Waals surface area contributed by atoms with Crippen LogP contribution in [0.25, 0.3) is 0 Å². The Morgan fingerprint density at radius 3 is 2.68 bits per heavy atom. The highest BCUT2D eigenvalue weighted by Gasteiger charge is 2.04. The Hall–Kier alpha value is -1.63. The second-order valence-electron chi connectivity index (χ2n) is 4.54. The maximum Gasteiger partial charge on any atom is 0.323 e. The van der Waals surface area contributed by atoms with Gasteiger partial charge in [0.05, 0.1) is 13.2 Å². The van der Waals surface area contributed by atoms with Crippen LogP contribution in [0.5, 0.6) is 6.01 Å². The summed E-state index contributed by atoms with van der Waals surface area (Å²) in [5.74, 6) is 1.08. The van der Waals surface area contributed by atoms with Gasteiger partial charge >= 0.3 is 6.01 Å². The molecule has 0 aliphatic carbocycles. The molecule has 0 aromatic carbocycles. The molecule has 0 saturated heterocycles. The number of nitrogen functional groups attached to an aromatic ring is 1. The predicted molar refractivity (Wildman–Crippen MR) is 74.2 cm³/mol. The number of anilines is 2. The first-order chi connectivity index (χ1) is 9.11. The Kier molecular flexibility index (Phi) is 6.88. The van der Waals surface area contributed by atoms with Crippen LogP contribution in [-0.4, -0.2) is 41.3 Å². The Morgan fingerprint density at radius 2 is 2.00 bits per heavy atom. The highest BCUT2D eigenvalue weighted by Crippen LogP contribution is 2.08. The molecular formula is C12H23N5O2. The topological polar surface area (TPSA) is 95.2 Å². The summed E-state index contributed by atoms with van der Waals surface area (Å²) in [7, 11) is 0. The van der Waals surface area contributed by atoms with Crippen LogP contribution in [0, 0.1) is 5.92 Å². The Bertz CT molecular complexity index is 373. The highest BCUT2D eigenvalue weighted by atomic mass is 16.5. The summed E-state index contributed by atoms with van der Waals surface area (Å²) in [5.41, 5.74) is 5.59. The van der Waals surface area contributed by atoms with Crippen LogP contribution in [0.2, 0.25) is 0 Å². The van der Waals surface area contributed by atoms with Gasteiger partial charge in [0.15, 0.2) is 0 Å². The lowest BCUT2D eigenvalue weighted by atomic mass is 10.2. The molecule has 1 rings (SSSR count). The summed E-state index contributed by atoms with van der Waals surface area (Å²) < 4.78 is 10.8. The minimum atomic E-state index is 0.145. The Morgan fingerprint density at radius 1 is 1.21 bits per heavy atom. The van der Waals surface area contributed by atoms with Gasteiger partial charge < -0.3 is 20.5 Å². The van der Waals surface area contributed by atoms with Gasteiger partial charge in [-0.3, -0.25) is 0 Å². The van der Waals surface area contributed by atoms with Gasteiger partial charge in [-0.1, -0.05) is 20.8 Å². The summed E-state index contributed by atoms with van der Waals surface area (Å²) in [6, 6.07) is 0.250. The number of nitrogens with one attached hydrogen (secondary N) is 1. The molecule has 1 heterocycles. The molecular weight excluding hydrogens is 246 g/mol. The van der Waals surface area contributed by atoms with Crippen LogP contribution in [0.15, 0.2) is 0 Å². The normalized spacial score (nSPS) is 10.7. The molecule has 0 aliphatic heterocycles. The standard InChI is InChI=1S/C12H23N5O2/c1-4-6-19-12-16-10(13)15-11(17-12)14-5-7-18-8-9(2)3/h9H,4-8H2,1-3H3,(H3,13,14,15,16,17). The van der Waals surface area contributed by atoms with Gasteiger partial charge in [0.25, 0.3) is 0 Å². The molecule has 0 fully saturated rings. The Balaban J connectivity index is 2.38. The van der Waals surface area contributed by atoms with Gasteiger partial charge in [-0.2, -0.15) is 15.0 Å². The van der Waals surface area contributed by atoms with E-state index in [2.05, 4.69) is 34.1 Å². The number of rotatable bonds is 9. The van der Waals surface area contributed by atoms with E-state index in [4.69, 9.17) is 15.2 Å². The van der Waals surface area contributed by atoms with Crippen molar-refractivity contribution in [1.29, 1.82) is 0 Å². The zero-order chi connectivity index (χ0) is 14.1. The predicted octanol–water partition coefficient (Wildman–Crippen LogP) is 1.33. The summed E-state index contributed by atoms with van der Waals surface area (Å²) in [6.07, 6.45) is 0.886. The summed E-state index contributed by atoms with van der Waals surface area (Å²) in [4.78, 5) is 12.0. The summed E-state index contributed by atoms with van der Waals surface area (Å²) in [5, 5.41) is 3.03. The second-order valence-corrected chi connectivity index (χ2v) is 4.54. The molecule has 7 heteroatoms. The van der Waals surface area contributed by atoms with E-state index >= 15 is 0 Å². The van der Waals surface area contributed by atoms with E-state index < -0.39 is 0 Å². The fourth-order valence-corrected chi connectivity index (χ4v) is 1.26. The van der Waals surface area contributed by atoms with Crippen molar-refractivity contribution in [1.82, 2.24) is 15.0 Å². The number of hydrogen-bond acceptors (Lipinski definition) is 7. The molecule has 0 aliphatic rings. The van der Waals surface area contributed by atoms with E-state index in [1.807, 2.05) is 6.92 Å². The van der Waals surface area contributed by atoms with Gasteiger partial charge in [-0.05, 0) is 12.3 Å². The van der Waals surface area contributed by atoms with E-state index in [-0.39, 0.29) is 12.0 Å². The molecule has 0 amide bonds. The maximum atomic E-state index is 5.59. The molecule has 0 atom stereocenters. The van der Waals surface area contributed by atoms with Gasteiger partial charge in [0.1, 0.15) is 0 Å². The molecule has 1 aromatic heterocycles. The maximum absolute atomic E-state index is 5.59. The van der Waals surface area contributed by atoms with Crippen LogP contribution < -0.4 is 15.8 Å². The van der Waals surface area contributed by atoms with Gasteiger partial charge in [-0.25, -0.2) is 0 Å². The smallest absolute Gasteiger partial charge is 0.323 e. The zero-order valence-electron chi connectivity index (χ0n) is 11.8. The molecule has 1 aromatic rings. The monoisotopic (exact) mass is 269 g/mol. The second kappa shape index (κ2) is 8.47. The van der Waals surface area contributed by atoms with E-state index in [9.17, 15) is 0 Å². The first-order valence-electron chi connectivity index (χ1n) is 6.57. The van der Waals surface area contributed by atoms with Gasteiger partial charge in [-0.15, -0.1) is 0 Å². The summed E-state index contributed by atoms with van der Waals surface area (Å²) >= 11 is 0. The van der Waals surface area contributed by atoms with Crippen molar-refractivity contribution in [2.45, 2.75) is 27.2 Å². The van der Waals surface area contributed by atoms with Crippen molar-refractivity contribution < 1.29 is 9.47 Å². The lowest BCUT2D eigenvalue weighted by Crippen LogP contribution is -2.15. The molecule has 7 nitrogen and oxygen atoms in total. The first-order valence-corrected chi connectivity index (χ1v) is 6.57. The number of aromatic nitrogens is 3. The lowest BCUT2D eigenvalue weighted by Gasteiger charge is -2.09. The fourth-order valence-electron chi connectivity index (χ4n) is 1.26. The Labute approximate surface area is 113 Å². The number of hydrogen-bond donors (Lipinski definition) is 2. The number of ether oxygens (including phenoxy) is 2. The molecule has 0 spiro atoms. The minimum absolute atomic E-state index is 0.145. The van der Waals surface area contributed by atoms with Gasteiger partial charge in [0, 0.05) is 13.2 Å². The van der Waals surface area contributed by atoms with Crippen molar-refractivity contribution in [3.8, 4) is 6.01 Å². The van der Waals surface area contributed by atoms with Crippen molar-refractivity contribution in [3.05, 3.63) is 0 Å². The number of nitrogens with two attached hydrogens (primary N) is 1. The van der Waals surface area contributed by atoms with E-state index in [0.717, 1.165) is 13.0 Å². The van der Waals surface area contributed by atoms with Crippen molar-refractivity contribution in [2.75, 3.05) is 37.4 Å². The first kappa shape index (κ1) is 15.4. The summed E-state index contributed by atoms with van der Waals surface area (Å²) in [6.45, 7) is 8.73. The van der Waals surface area contributed by atoms with E-state index in [0.29, 0.717) is 31.6 Å². The van der Waals surface area contributed by atoms with Crippen molar-refractivity contribution >= 4 is 11.9 Å². The molecule has 0 saturated carbocycles. The molecule has 108 valence electrons. The van der Waals surface area contributed by atoms with Crippen LogP contribution in [0.1, 0.15) is 27.2 Å². The van der Waals surface area contributed by atoms with Crippen LogP contribution >= 0.6 is 0 Å². The minimum Gasteiger partial charge on any atom is -0.463 e. The fraction of sp³-hybridized carbons (Fsp3) is 0.750. The third-order valence-electron chi connectivity index (χ3n) is 2.05. The van der Waals surface area contributed by atoms with Crippen molar-refractivity contribution in [2.24, 2.45) is 5.92 Å². The number of nitrogens with zero attached hydrogens (tertiary/aromatic N) is 3. The van der Waals surface area contributed by atoms with Gasteiger partial charge in [0.2, 0.25) is 11.9 Å². The van der Waals surface area contributed by atoms with Crippen molar-refractivity contribution in [3.63, 3.8) is 0 Å². The zero-order valence-corrected chi connectivity index (χ0v) is 11.8. The lowest BCUT2D eigenvalue weighted by molar-refractivity contribution is 0.118. The largest absolute Gasteiger partial charge is 0.463 e. The molecule has 0 radical (unpaired) electrons. The SMILES string of the molecule is CCCOc1nc(N)nc(NCCOCC(C)C)n1. The highest BCUT2D eigenvalue weighted by molar-refractivity contribution is 5.32. The average molecular weight is 269 g/mol. The van der Waals surface area contributed by atoms with Crippen LogP contribution in [0.3, 0.4) is 0 Å². The third kappa shape index (κ3) is 6.76. The quantitative estimate of drug-likeness (QED) is 0.653. The average Bonchev–Trinajstić information content (AvgIpc) is 2.35.